The number of likely N-dealkylation sites (N-methyl/N-ethyl adjacent to an activating group) is 1. The molecule has 0 aromatic rings. The smallest absolute Gasteiger partial charge is 0.306 e. The SMILES string of the molecule is CC/C=C\C/C=C\C/C=C\C/C=C\C/C=C\C/C=C\CCCCCCCCCCCCCCCCCCCCCCCCC(=O)OC(COC(=O)CCCCCCCCCCCCCCCCCCCCCCCCCCC/C=C\C/C=C\C/C=C\C/C=C\C/C=C\CC)COC(OCC[N+](C)(C)C)C(=O)[O-]. The molecule has 0 rings (SSSR count). The lowest BCUT2D eigenvalue weighted by molar-refractivity contribution is -0.870. The summed E-state index contributed by atoms with van der Waals surface area (Å²) in [5, 5.41) is 11.9. The number of aliphatic carboxylic acids is 1. The Morgan fingerprint density at radius 2 is 0.505 bits per heavy atom. The highest BCUT2D eigenvalue weighted by atomic mass is 16.7. The fraction of sp³-hybridized carbons (Fsp3) is 0.745. The van der Waals surface area contributed by atoms with Crippen molar-refractivity contribution in [2.24, 2.45) is 0 Å². The topological polar surface area (TPSA) is 111 Å². The Hall–Kier alpha value is -4.57. The van der Waals surface area contributed by atoms with Gasteiger partial charge in [0.2, 0.25) is 0 Å². The lowest BCUT2D eigenvalue weighted by Gasteiger charge is -2.26. The minimum absolute atomic E-state index is 0.148. The predicted molar refractivity (Wildman–Crippen MR) is 463 cm³/mol. The minimum atomic E-state index is -1.62. The number of ether oxygens (including phenoxy) is 4. The van der Waals surface area contributed by atoms with Crippen molar-refractivity contribution in [3.63, 3.8) is 0 Å². The molecule has 9 nitrogen and oxygen atoms in total. The van der Waals surface area contributed by atoms with Crippen LogP contribution in [0.4, 0.5) is 0 Å². The third-order valence-corrected chi connectivity index (χ3v) is 19.9. The molecule has 0 aromatic carbocycles. The molecule has 0 amide bonds. The molecule has 0 bridgehead atoms. The van der Waals surface area contributed by atoms with Crippen LogP contribution in [0.5, 0.6) is 0 Å². The lowest BCUT2D eigenvalue weighted by atomic mass is 10.0. The van der Waals surface area contributed by atoms with E-state index in [-0.39, 0.29) is 32.2 Å². The van der Waals surface area contributed by atoms with Crippen molar-refractivity contribution in [2.75, 3.05) is 47.5 Å². The molecule has 0 saturated carbocycles. The summed E-state index contributed by atoms with van der Waals surface area (Å²) in [4.78, 5) is 37.7. The van der Waals surface area contributed by atoms with E-state index in [4.69, 9.17) is 18.9 Å². The van der Waals surface area contributed by atoms with E-state index in [0.29, 0.717) is 23.9 Å². The number of unbranched alkanes of at least 4 members (excludes halogenated alkanes) is 47. The van der Waals surface area contributed by atoms with Crippen LogP contribution in [-0.4, -0.2) is 82.3 Å². The summed E-state index contributed by atoms with van der Waals surface area (Å²) in [6.45, 7) is 4.57. The van der Waals surface area contributed by atoms with E-state index in [1.54, 1.807) is 0 Å². The molecular formula is C98H171NO8. The van der Waals surface area contributed by atoms with Crippen molar-refractivity contribution in [3.8, 4) is 0 Å². The highest BCUT2D eigenvalue weighted by Crippen LogP contribution is 2.20. The molecule has 2 atom stereocenters. The minimum Gasteiger partial charge on any atom is -0.545 e. The summed E-state index contributed by atoms with van der Waals surface area (Å²) in [5.74, 6) is -2.26. The van der Waals surface area contributed by atoms with Gasteiger partial charge in [0.25, 0.3) is 0 Å². The van der Waals surface area contributed by atoms with Gasteiger partial charge in [0.15, 0.2) is 12.4 Å². The average Bonchev–Trinajstić information content (AvgIpc) is 0.965. The van der Waals surface area contributed by atoms with Crippen LogP contribution in [-0.2, 0) is 33.3 Å². The molecule has 0 aliphatic carbocycles. The van der Waals surface area contributed by atoms with Gasteiger partial charge in [0.05, 0.1) is 40.3 Å². The standard InChI is InChI=1S/C98H171NO8/c1-6-8-10-12-14-16-18-20-22-24-26-28-30-32-34-36-38-40-42-44-46-48-50-52-54-56-58-60-62-64-66-68-70-72-74-76-78-80-82-84-86-88-95(100)105-92-94(93-106-98(97(102)103)104-91-90-99(3,4)5)107-96(101)89-87-85-83-81-79-77-75-73-71-69-67-65-63-61-59-57-55-53-51-49-47-45-43-41-39-37-35-33-31-29-27-25-23-21-19-17-15-13-11-9-7-2/h8-11,14-17,20-23,26-29,32-35,39,41,94,98H,6-7,12-13,18-19,24-25,30-31,36-38,40,42-93H2,1-5H3/b10-8-,11-9-,16-14-,17-15-,22-20-,23-21-,28-26-,29-27-,34-32-,35-33-,41-39-. The number of hydrogen-bond donors (Lipinski definition) is 0. The van der Waals surface area contributed by atoms with Gasteiger partial charge in [-0.1, -0.05) is 424 Å². The van der Waals surface area contributed by atoms with Crippen LogP contribution in [0, 0.1) is 0 Å². The lowest BCUT2D eigenvalue weighted by Crippen LogP contribution is -2.44. The summed E-state index contributed by atoms with van der Waals surface area (Å²) in [7, 11) is 5.95. The zero-order chi connectivity index (χ0) is 77.4. The number of carboxylic acids is 1. The van der Waals surface area contributed by atoms with Gasteiger partial charge < -0.3 is 33.3 Å². The van der Waals surface area contributed by atoms with E-state index in [2.05, 4.69) is 148 Å². The van der Waals surface area contributed by atoms with E-state index in [1.165, 1.54) is 276 Å². The molecule has 0 aromatic heterocycles. The zero-order valence-electron chi connectivity index (χ0n) is 70.7. The molecule has 0 fully saturated rings. The van der Waals surface area contributed by atoms with Gasteiger partial charge in [0.1, 0.15) is 13.2 Å². The monoisotopic (exact) mass is 1490 g/mol. The predicted octanol–water partition coefficient (Wildman–Crippen LogP) is 28.6. The summed E-state index contributed by atoms with van der Waals surface area (Å²) in [6, 6.07) is 0. The second-order valence-corrected chi connectivity index (χ2v) is 31.5. The number of carbonyl (C=O) groups excluding carboxylic acids is 3. The second-order valence-electron chi connectivity index (χ2n) is 31.5. The van der Waals surface area contributed by atoms with Crippen molar-refractivity contribution in [1.29, 1.82) is 0 Å². The van der Waals surface area contributed by atoms with Crippen LogP contribution < -0.4 is 5.11 Å². The Balaban J connectivity index is 3.92. The Morgan fingerprint density at radius 3 is 0.748 bits per heavy atom. The number of hydrogen-bond acceptors (Lipinski definition) is 8. The normalized spacial score (nSPS) is 13.2. The van der Waals surface area contributed by atoms with E-state index < -0.39 is 24.3 Å². The van der Waals surface area contributed by atoms with E-state index >= 15 is 0 Å². The molecule has 2 unspecified atom stereocenters. The van der Waals surface area contributed by atoms with Crippen LogP contribution in [0.2, 0.25) is 0 Å². The van der Waals surface area contributed by atoms with Crippen LogP contribution in [0.1, 0.15) is 412 Å². The van der Waals surface area contributed by atoms with Gasteiger partial charge in [0, 0.05) is 12.8 Å². The number of carboxylic acid groups (broad SMARTS) is 1. The van der Waals surface area contributed by atoms with Crippen molar-refractivity contribution in [3.05, 3.63) is 134 Å². The molecule has 0 aliphatic rings. The first kappa shape index (κ1) is 102. The zero-order valence-corrected chi connectivity index (χ0v) is 70.7. The molecule has 0 radical (unpaired) electrons. The highest BCUT2D eigenvalue weighted by Gasteiger charge is 2.22. The van der Waals surface area contributed by atoms with Crippen LogP contribution in [0.25, 0.3) is 0 Å². The number of rotatable bonds is 84. The fourth-order valence-corrected chi connectivity index (χ4v) is 13.1. The van der Waals surface area contributed by atoms with E-state index in [0.717, 1.165) is 103 Å². The molecule has 0 heterocycles. The molecule has 0 N–H and O–H groups in total. The summed E-state index contributed by atoms with van der Waals surface area (Å²) >= 11 is 0. The van der Waals surface area contributed by atoms with Crippen molar-refractivity contribution in [2.45, 2.75) is 424 Å². The molecule has 0 aliphatic heterocycles. The largest absolute Gasteiger partial charge is 0.545 e. The van der Waals surface area contributed by atoms with Crippen LogP contribution in [0.15, 0.2) is 134 Å². The average molecular weight is 1490 g/mol. The fourth-order valence-electron chi connectivity index (χ4n) is 13.1. The van der Waals surface area contributed by atoms with Crippen molar-refractivity contribution in [1.82, 2.24) is 0 Å². The Labute approximate surface area is 662 Å². The maximum atomic E-state index is 13.0. The van der Waals surface area contributed by atoms with E-state index in [1.807, 2.05) is 21.1 Å². The molecule has 107 heavy (non-hydrogen) atoms. The third-order valence-electron chi connectivity index (χ3n) is 19.9. The first-order chi connectivity index (χ1) is 52.6. The Kier molecular flexibility index (Phi) is 83.3. The van der Waals surface area contributed by atoms with Gasteiger partial charge in [-0.15, -0.1) is 0 Å². The summed E-state index contributed by atoms with van der Waals surface area (Å²) < 4.78 is 22.9. The van der Waals surface area contributed by atoms with Gasteiger partial charge >= 0.3 is 11.9 Å². The maximum Gasteiger partial charge on any atom is 0.306 e. The maximum absolute atomic E-state index is 13.0. The van der Waals surface area contributed by atoms with Crippen molar-refractivity contribution < 1.29 is 42.9 Å². The van der Waals surface area contributed by atoms with Gasteiger partial charge in [-0.05, 0) is 109 Å². The van der Waals surface area contributed by atoms with Crippen molar-refractivity contribution >= 4 is 17.9 Å². The number of nitrogens with zero attached hydrogens (tertiary/aromatic N) is 1. The van der Waals surface area contributed by atoms with Crippen LogP contribution in [0.3, 0.4) is 0 Å². The Morgan fingerprint density at radius 1 is 0.280 bits per heavy atom. The molecule has 9 heteroatoms. The van der Waals surface area contributed by atoms with Gasteiger partial charge in [-0.3, -0.25) is 9.59 Å². The number of carbonyl (C=O) groups is 3. The van der Waals surface area contributed by atoms with E-state index in [9.17, 15) is 19.5 Å². The number of allylic oxidation sites excluding steroid dienone is 22. The molecular weight excluding hydrogens is 1320 g/mol. The number of esters is 2. The second kappa shape index (κ2) is 87.0. The number of quaternary nitrogens is 1. The third kappa shape index (κ3) is 88.5. The van der Waals surface area contributed by atoms with Gasteiger partial charge in [-0.25, -0.2) is 0 Å². The highest BCUT2D eigenvalue weighted by molar-refractivity contribution is 5.70. The summed E-state index contributed by atoms with van der Waals surface area (Å²) in [6.07, 6.45) is 123. The first-order valence-corrected chi connectivity index (χ1v) is 45.3. The first-order valence-electron chi connectivity index (χ1n) is 45.3. The molecule has 616 valence electrons. The molecule has 0 spiro atoms. The quantitative estimate of drug-likeness (QED) is 0.0195. The summed E-state index contributed by atoms with van der Waals surface area (Å²) in [5.41, 5.74) is 0. The van der Waals surface area contributed by atoms with Crippen LogP contribution >= 0.6 is 0 Å². The van der Waals surface area contributed by atoms with Gasteiger partial charge in [-0.2, -0.15) is 0 Å². The Bertz CT molecular complexity index is 2240. The molecule has 0 saturated heterocycles.